The summed E-state index contributed by atoms with van der Waals surface area (Å²) >= 11 is 0. The number of quaternary nitrogens is 1. The van der Waals surface area contributed by atoms with Gasteiger partial charge in [-0.15, -0.1) is 0 Å². The Morgan fingerprint density at radius 1 is 0.558 bits per heavy atom. The van der Waals surface area contributed by atoms with Crippen LogP contribution in [-0.4, -0.2) is 58.8 Å². The average Bonchev–Trinajstić information content (AvgIpc) is 2.97. The number of carboxylic acids is 3. The van der Waals surface area contributed by atoms with Crippen LogP contribution in [-0.2, 0) is 14.4 Å². The first-order chi connectivity index (χ1) is 20.5. The summed E-state index contributed by atoms with van der Waals surface area (Å²) in [5.74, 6) is -4.31. The van der Waals surface area contributed by atoms with Gasteiger partial charge in [-0.2, -0.15) is 0 Å². The molecule has 252 valence electrons. The van der Waals surface area contributed by atoms with Crippen LogP contribution < -0.4 is 5.11 Å². The second-order valence-electron chi connectivity index (χ2n) is 13.3. The Morgan fingerprint density at radius 2 is 0.907 bits per heavy atom. The van der Waals surface area contributed by atoms with E-state index in [1.807, 2.05) is 0 Å². The maximum absolute atomic E-state index is 11.5. The van der Waals surface area contributed by atoms with E-state index in [2.05, 4.69) is 19.1 Å². The number of carbonyl (C=O) groups is 3. The average molecular weight is 610 g/mol. The van der Waals surface area contributed by atoms with E-state index < -0.39 is 35.7 Å². The minimum atomic E-state index is -1.07. The second kappa shape index (κ2) is 26.5. The van der Waals surface area contributed by atoms with Crippen molar-refractivity contribution < 1.29 is 34.2 Å². The van der Waals surface area contributed by atoms with Crippen LogP contribution in [0.25, 0.3) is 0 Å². The van der Waals surface area contributed by atoms with E-state index in [0.29, 0.717) is 43.4 Å². The van der Waals surface area contributed by atoms with Crippen LogP contribution in [0.2, 0.25) is 0 Å². The maximum Gasteiger partial charge on any atom is 0.306 e. The highest BCUT2D eigenvalue weighted by molar-refractivity contribution is 5.69. The molecule has 0 aromatic rings. The van der Waals surface area contributed by atoms with Crippen molar-refractivity contribution in [1.82, 2.24) is 0 Å². The fourth-order valence-corrected chi connectivity index (χ4v) is 5.66. The van der Waals surface area contributed by atoms with Crippen LogP contribution in [0.3, 0.4) is 0 Å². The molecule has 0 saturated heterocycles. The third-order valence-electron chi connectivity index (χ3n) is 9.25. The van der Waals surface area contributed by atoms with Crippen molar-refractivity contribution in [1.29, 1.82) is 0 Å². The number of hydrogen-bond acceptors (Lipinski definition) is 4. The molecule has 0 amide bonds. The van der Waals surface area contributed by atoms with E-state index in [9.17, 15) is 29.7 Å². The zero-order valence-electron chi connectivity index (χ0n) is 28.3. The van der Waals surface area contributed by atoms with E-state index in [1.165, 1.54) is 96.3 Å². The van der Waals surface area contributed by atoms with Gasteiger partial charge in [0.25, 0.3) is 0 Å². The molecule has 0 aliphatic rings. The van der Waals surface area contributed by atoms with E-state index >= 15 is 0 Å². The first kappa shape index (κ1) is 41.1. The number of allylic oxidation sites excluding steroid dienone is 2. The molecule has 7 nitrogen and oxygen atoms in total. The van der Waals surface area contributed by atoms with Crippen molar-refractivity contribution in [3.8, 4) is 0 Å². The van der Waals surface area contributed by atoms with Gasteiger partial charge in [0, 0.05) is 31.1 Å². The molecule has 0 heterocycles. The predicted molar refractivity (Wildman–Crippen MR) is 175 cm³/mol. The van der Waals surface area contributed by atoms with Crippen LogP contribution in [0.5, 0.6) is 0 Å². The maximum atomic E-state index is 11.5. The minimum absolute atomic E-state index is 0.446. The minimum Gasteiger partial charge on any atom is -0.550 e. The molecule has 0 aromatic carbocycles. The summed E-state index contributed by atoms with van der Waals surface area (Å²) in [6, 6.07) is 0. The molecule has 0 aromatic heterocycles. The van der Waals surface area contributed by atoms with Gasteiger partial charge in [-0.3, -0.25) is 9.59 Å². The van der Waals surface area contributed by atoms with Gasteiger partial charge in [-0.1, -0.05) is 110 Å². The summed E-state index contributed by atoms with van der Waals surface area (Å²) in [6.45, 7) is 9.98. The molecule has 0 radical (unpaired) electrons. The molecule has 0 fully saturated rings. The fraction of sp³-hybridized carbons (Fsp3) is 0.861. The van der Waals surface area contributed by atoms with E-state index in [0.717, 1.165) is 19.4 Å². The Morgan fingerprint density at radius 3 is 1.28 bits per heavy atom. The van der Waals surface area contributed by atoms with Crippen LogP contribution in [0.4, 0.5) is 0 Å². The molecule has 0 spiro atoms. The number of unbranched alkanes of at least 4 members (excludes halogenated alkanes) is 15. The van der Waals surface area contributed by atoms with Gasteiger partial charge in [0.2, 0.25) is 0 Å². The lowest BCUT2D eigenvalue weighted by Gasteiger charge is -2.41. The van der Waals surface area contributed by atoms with Crippen molar-refractivity contribution in [3.05, 3.63) is 12.2 Å². The Balaban J connectivity index is 4.44. The lowest BCUT2D eigenvalue weighted by molar-refractivity contribution is -0.929. The van der Waals surface area contributed by atoms with Crippen molar-refractivity contribution in [2.45, 2.75) is 156 Å². The third kappa shape index (κ3) is 23.2. The molecule has 43 heavy (non-hydrogen) atoms. The van der Waals surface area contributed by atoms with Gasteiger partial charge in [-0.05, 0) is 38.5 Å². The van der Waals surface area contributed by atoms with Crippen molar-refractivity contribution >= 4 is 17.9 Å². The normalized spacial score (nSPS) is 15.3. The zero-order valence-corrected chi connectivity index (χ0v) is 28.3. The number of carboxylic acid groups (broad SMARTS) is 3. The number of rotatable bonds is 31. The molecule has 0 bridgehead atoms. The summed E-state index contributed by atoms with van der Waals surface area (Å²) in [6.07, 6.45) is 27.6. The number of hydrogen-bond donors (Lipinski definition) is 2. The molecular weight excluding hydrogens is 542 g/mol. The van der Waals surface area contributed by atoms with E-state index in [1.54, 1.807) is 20.8 Å². The van der Waals surface area contributed by atoms with Gasteiger partial charge in [-0.25, -0.2) is 0 Å². The summed E-state index contributed by atoms with van der Waals surface area (Å²) in [5.41, 5.74) is 0. The van der Waals surface area contributed by atoms with Crippen molar-refractivity contribution in [3.63, 3.8) is 0 Å². The lowest BCUT2D eigenvalue weighted by atomic mass is 10.0. The first-order valence-electron chi connectivity index (χ1n) is 17.7. The van der Waals surface area contributed by atoms with Crippen LogP contribution in [0, 0.1) is 17.8 Å². The Kier molecular flexibility index (Phi) is 25.3. The molecule has 3 atom stereocenters. The highest BCUT2D eigenvalue weighted by Crippen LogP contribution is 2.22. The highest BCUT2D eigenvalue weighted by Gasteiger charge is 2.30. The van der Waals surface area contributed by atoms with Gasteiger partial charge in [0.05, 0.1) is 38.0 Å². The SMILES string of the molecule is CCCCC/C=C/CCCCCCCCCCCCCC[N+](CCC(C)C(=O)[O-])(CCC(C)C(=O)O)CCC(C)C(=O)O. The molecule has 2 N–H and O–H groups in total. The molecular formula is C36H67NO6. The fourth-order valence-electron chi connectivity index (χ4n) is 5.66. The van der Waals surface area contributed by atoms with E-state index in [4.69, 9.17) is 0 Å². The molecule has 0 aliphatic carbocycles. The standard InChI is InChI=1S/C36H67NO6/c1-5-6-7-8-9-10-11-12-13-14-15-16-17-18-19-20-21-22-23-27-37(28-24-31(2)34(38)39,29-25-32(3)35(40)41)30-26-33(4)36(42)43/h9-10,31-33H,5-8,11-30H2,1-4H3,(H2-,38,39,40,41,42,43)/b10-9+. The summed E-state index contributed by atoms with van der Waals surface area (Å²) in [5, 5.41) is 30.3. The van der Waals surface area contributed by atoms with Crippen LogP contribution in [0.1, 0.15) is 156 Å². The van der Waals surface area contributed by atoms with Gasteiger partial charge >= 0.3 is 11.9 Å². The number of carbonyl (C=O) groups excluding carboxylic acids is 1. The Labute approximate surface area is 264 Å². The zero-order chi connectivity index (χ0) is 32.3. The topological polar surface area (TPSA) is 115 Å². The largest absolute Gasteiger partial charge is 0.550 e. The summed E-state index contributed by atoms with van der Waals surface area (Å²) in [4.78, 5) is 34.4. The lowest BCUT2D eigenvalue weighted by Crippen LogP contribution is -2.52. The molecule has 7 heteroatoms. The molecule has 0 saturated carbocycles. The molecule has 0 rings (SSSR count). The Bertz CT molecular complexity index is 692. The number of aliphatic carboxylic acids is 3. The number of nitrogens with zero attached hydrogens (tertiary/aromatic N) is 1. The highest BCUT2D eigenvalue weighted by atomic mass is 16.4. The quantitative estimate of drug-likeness (QED) is 0.0467. The van der Waals surface area contributed by atoms with Gasteiger partial charge in [0.1, 0.15) is 0 Å². The predicted octanol–water partition coefficient (Wildman–Crippen LogP) is 8.01. The first-order valence-corrected chi connectivity index (χ1v) is 17.7. The van der Waals surface area contributed by atoms with E-state index in [-0.39, 0.29) is 0 Å². The monoisotopic (exact) mass is 609 g/mol. The van der Waals surface area contributed by atoms with Crippen LogP contribution >= 0.6 is 0 Å². The van der Waals surface area contributed by atoms with Gasteiger partial charge in [0.15, 0.2) is 0 Å². The van der Waals surface area contributed by atoms with Crippen molar-refractivity contribution in [2.75, 3.05) is 26.2 Å². The molecule has 3 unspecified atom stereocenters. The second-order valence-corrected chi connectivity index (χ2v) is 13.3. The van der Waals surface area contributed by atoms with Crippen molar-refractivity contribution in [2.24, 2.45) is 17.8 Å². The summed E-state index contributed by atoms with van der Waals surface area (Å²) < 4.78 is 0.585. The Hall–Kier alpha value is -1.89. The third-order valence-corrected chi connectivity index (χ3v) is 9.25. The van der Waals surface area contributed by atoms with Gasteiger partial charge < -0.3 is 24.6 Å². The molecule has 0 aliphatic heterocycles. The summed E-state index contributed by atoms with van der Waals surface area (Å²) in [7, 11) is 0. The smallest absolute Gasteiger partial charge is 0.306 e. The van der Waals surface area contributed by atoms with Crippen LogP contribution in [0.15, 0.2) is 12.2 Å².